The number of hydrogen-bond donors (Lipinski definition) is 3. The summed E-state index contributed by atoms with van der Waals surface area (Å²) in [6.45, 7) is 0.424. The molecular weight excluding hydrogens is 657 g/mol. The first-order valence-corrected chi connectivity index (χ1v) is 15.2. The summed E-state index contributed by atoms with van der Waals surface area (Å²) >= 11 is 5.99. The van der Waals surface area contributed by atoms with Crippen LogP contribution in [0.15, 0.2) is 66.9 Å². The Hall–Kier alpha value is -3.64. The molecule has 5 rings (SSSR count). The van der Waals surface area contributed by atoms with E-state index >= 15 is 4.39 Å². The summed E-state index contributed by atoms with van der Waals surface area (Å²) in [5, 5.41) is 15.2. The van der Waals surface area contributed by atoms with Gasteiger partial charge in [-0.05, 0) is 68.1 Å². The van der Waals surface area contributed by atoms with Crippen molar-refractivity contribution in [1.82, 2.24) is 4.98 Å². The summed E-state index contributed by atoms with van der Waals surface area (Å²) in [5.74, 6) is -1.29. The number of unbranched alkanes of at least 4 members (excludes halogenated alkanes) is 3. The molecule has 1 aliphatic carbocycles. The number of aromatic nitrogens is 1. The number of carboxylic acids is 1. The normalized spacial score (nSPS) is 12.8. The van der Waals surface area contributed by atoms with Crippen LogP contribution in [0.1, 0.15) is 44.9 Å². The number of carbonyl (C=O) groups excluding carboxylic acids is 2. The Morgan fingerprint density at radius 2 is 1.62 bits per heavy atom. The first-order chi connectivity index (χ1) is 22.2. The van der Waals surface area contributed by atoms with Gasteiger partial charge in [-0.3, -0.25) is 19.4 Å². The van der Waals surface area contributed by atoms with Gasteiger partial charge in [-0.25, -0.2) is 4.39 Å². The molecule has 0 bridgehead atoms. The molecule has 10 nitrogen and oxygen atoms in total. The first-order valence-electron chi connectivity index (χ1n) is 14.9. The Morgan fingerprint density at radius 1 is 0.894 bits per heavy atom. The quantitative estimate of drug-likeness (QED) is 0.0714. The third kappa shape index (κ3) is 9.25. The number of ether oxygens (including phenoxy) is 3. The standard InChI is InChI=1S/C34H33ClFN3O7.Ca.2H/c1-44-29-19-24-26(20-30(29)45-16-5-3-2-4-9-31(40)41)37-15-12-27(24)46-28-11-10-23(18-25(28)36)39-33(43)34(13-14-34)32(42)38-22-8-6-7-21(35)17-22;;;/h6-8,10-12,15,17-20H,2-5,9,13-14,16H2,1H3,(H,38,42)(H,39,43)(H,40,41);;;. The van der Waals surface area contributed by atoms with Crippen LogP contribution in [0, 0.1) is 11.2 Å². The number of nitrogens with one attached hydrogen (secondary N) is 2. The Kier molecular flexibility index (Phi) is 12.7. The molecule has 1 fully saturated rings. The average Bonchev–Trinajstić information content (AvgIpc) is 3.84. The molecule has 0 radical (unpaired) electrons. The van der Waals surface area contributed by atoms with Crippen LogP contribution >= 0.6 is 11.6 Å². The number of benzene rings is 3. The average molecular weight is 692 g/mol. The molecule has 0 aliphatic heterocycles. The van der Waals surface area contributed by atoms with Crippen LogP contribution in [0.4, 0.5) is 15.8 Å². The Balaban J connectivity index is 0.00000500. The van der Waals surface area contributed by atoms with Gasteiger partial charge in [0.15, 0.2) is 23.1 Å². The van der Waals surface area contributed by atoms with Crippen molar-refractivity contribution in [3.8, 4) is 23.0 Å². The van der Waals surface area contributed by atoms with Crippen LogP contribution in [-0.4, -0.2) is 79.3 Å². The number of fused-ring (bicyclic) bond motifs is 1. The van der Waals surface area contributed by atoms with Gasteiger partial charge in [0.1, 0.15) is 11.2 Å². The number of amides is 2. The van der Waals surface area contributed by atoms with Crippen molar-refractivity contribution in [1.29, 1.82) is 0 Å². The third-order valence-corrected chi connectivity index (χ3v) is 7.88. The molecule has 47 heavy (non-hydrogen) atoms. The molecule has 0 atom stereocenters. The molecule has 3 aromatic carbocycles. The van der Waals surface area contributed by atoms with E-state index in [0.717, 1.165) is 25.3 Å². The van der Waals surface area contributed by atoms with Gasteiger partial charge in [-0.15, -0.1) is 0 Å². The van der Waals surface area contributed by atoms with E-state index in [-0.39, 0.29) is 55.6 Å². The van der Waals surface area contributed by atoms with Crippen molar-refractivity contribution >= 4 is 89.4 Å². The molecule has 13 heteroatoms. The van der Waals surface area contributed by atoms with Crippen molar-refractivity contribution in [2.24, 2.45) is 5.41 Å². The predicted octanol–water partition coefficient (Wildman–Crippen LogP) is 6.68. The topological polar surface area (TPSA) is 136 Å². The fourth-order valence-corrected chi connectivity index (χ4v) is 5.12. The van der Waals surface area contributed by atoms with Gasteiger partial charge >= 0.3 is 43.7 Å². The molecule has 1 heterocycles. The van der Waals surface area contributed by atoms with Crippen LogP contribution in [0.2, 0.25) is 5.02 Å². The zero-order valence-electron chi connectivity index (χ0n) is 25.1. The molecule has 0 spiro atoms. The SMILES string of the molecule is COc1cc2c(Oc3ccc(NC(=O)C4(C(=O)Nc5cccc(Cl)c5)CC4)cc3F)ccnc2cc1OCCCCCCC(=O)O.[CaH2]. The molecule has 1 aliphatic rings. The molecule has 0 saturated heterocycles. The van der Waals surface area contributed by atoms with E-state index < -0.39 is 29.0 Å². The summed E-state index contributed by atoms with van der Waals surface area (Å²) in [4.78, 5) is 41.0. The van der Waals surface area contributed by atoms with Crippen LogP contribution < -0.4 is 24.8 Å². The number of carbonyl (C=O) groups is 3. The maximum atomic E-state index is 15.2. The van der Waals surface area contributed by atoms with E-state index in [4.69, 9.17) is 30.9 Å². The molecule has 2 amide bonds. The second-order valence-electron chi connectivity index (χ2n) is 11.0. The second-order valence-corrected chi connectivity index (χ2v) is 11.4. The van der Waals surface area contributed by atoms with Gasteiger partial charge in [0.25, 0.3) is 0 Å². The zero-order chi connectivity index (χ0) is 32.7. The maximum absolute atomic E-state index is 15.2. The minimum atomic E-state index is -1.24. The number of carboxylic acid groups (broad SMARTS) is 1. The Morgan fingerprint density at radius 3 is 2.28 bits per heavy atom. The van der Waals surface area contributed by atoms with Crippen LogP contribution in [0.25, 0.3) is 10.9 Å². The number of halogens is 2. The van der Waals surface area contributed by atoms with Crippen molar-refractivity contribution in [3.05, 3.63) is 77.7 Å². The molecule has 1 saturated carbocycles. The minimum absolute atomic E-state index is 0. The third-order valence-electron chi connectivity index (χ3n) is 7.64. The van der Waals surface area contributed by atoms with Crippen molar-refractivity contribution in [2.45, 2.75) is 44.9 Å². The van der Waals surface area contributed by atoms with E-state index in [1.54, 1.807) is 42.5 Å². The van der Waals surface area contributed by atoms with Gasteiger partial charge in [-0.1, -0.05) is 30.5 Å². The monoisotopic (exact) mass is 691 g/mol. The van der Waals surface area contributed by atoms with E-state index in [1.807, 2.05) is 0 Å². The predicted molar refractivity (Wildman–Crippen MR) is 180 cm³/mol. The number of rotatable bonds is 15. The number of nitrogens with zero attached hydrogens (tertiary/aromatic N) is 1. The summed E-state index contributed by atoms with van der Waals surface area (Å²) in [5.41, 5.74) is -0.0321. The van der Waals surface area contributed by atoms with E-state index in [0.29, 0.717) is 64.7 Å². The zero-order valence-corrected chi connectivity index (χ0v) is 25.9. The number of anilines is 2. The Labute approximate surface area is 305 Å². The summed E-state index contributed by atoms with van der Waals surface area (Å²) in [6, 6.07) is 15.7. The summed E-state index contributed by atoms with van der Waals surface area (Å²) in [6.07, 6.45) is 5.46. The number of methoxy groups -OCH3 is 1. The fourth-order valence-electron chi connectivity index (χ4n) is 4.93. The van der Waals surface area contributed by atoms with E-state index in [1.165, 1.54) is 25.4 Å². The van der Waals surface area contributed by atoms with Crippen molar-refractivity contribution < 1.29 is 38.1 Å². The van der Waals surface area contributed by atoms with Crippen molar-refractivity contribution in [3.63, 3.8) is 0 Å². The molecule has 1 aromatic heterocycles. The van der Waals surface area contributed by atoms with Gasteiger partial charge in [-0.2, -0.15) is 0 Å². The fraction of sp³-hybridized carbons (Fsp3) is 0.294. The van der Waals surface area contributed by atoms with Crippen molar-refractivity contribution in [2.75, 3.05) is 24.4 Å². The van der Waals surface area contributed by atoms with E-state index in [9.17, 15) is 14.4 Å². The molecular formula is C34H35CaClFN3O7. The van der Waals surface area contributed by atoms with Crippen LogP contribution in [-0.2, 0) is 14.4 Å². The summed E-state index contributed by atoms with van der Waals surface area (Å²) in [7, 11) is 1.51. The summed E-state index contributed by atoms with van der Waals surface area (Å²) < 4.78 is 32.6. The molecule has 3 N–H and O–H groups in total. The number of hydrogen-bond acceptors (Lipinski definition) is 7. The van der Waals surface area contributed by atoms with Gasteiger partial charge in [0.05, 0.1) is 19.2 Å². The van der Waals surface area contributed by atoms with Gasteiger partial charge in [0.2, 0.25) is 11.8 Å². The molecule has 244 valence electrons. The second kappa shape index (κ2) is 16.5. The molecule has 0 unspecified atom stereocenters. The van der Waals surface area contributed by atoms with Gasteiger partial charge in [0, 0.05) is 46.5 Å². The Bertz CT molecular complexity index is 1770. The number of pyridine rings is 1. The number of aliphatic carboxylic acids is 1. The van der Waals surface area contributed by atoms with Crippen LogP contribution in [0.3, 0.4) is 0 Å². The molecule has 4 aromatic rings. The first kappa shape index (κ1) is 36.2. The van der Waals surface area contributed by atoms with Gasteiger partial charge < -0.3 is 30.0 Å². The van der Waals surface area contributed by atoms with E-state index in [2.05, 4.69) is 15.6 Å². The van der Waals surface area contributed by atoms with Crippen LogP contribution in [0.5, 0.6) is 23.0 Å².